The highest BCUT2D eigenvalue weighted by Gasteiger charge is 1.94. The average molecular weight is 108 g/mol. The summed E-state index contributed by atoms with van der Waals surface area (Å²) in [6.45, 7) is 1.52. The summed E-state index contributed by atoms with van der Waals surface area (Å²) in [7, 11) is 0. The molecule has 1 unspecified atom stereocenters. The van der Waals surface area contributed by atoms with Gasteiger partial charge in [0.2, 0.25) is 0 Å². The molecule has 3 nitrogen and oxygen atoms in total. The summed E-state index contributed by atoms with van der Waals surface area (Å²) in [5, 5.41) is 8.35. The van der Waals surface area contributed by atoms with Crippen LogP contribution in [0.5, 0.6) is 0 Å². The minimum absolute atomic E-state index is 0.673. The zero-order valence-electron chi connectivity index (χ0n) is 3.50. The lowest BCUT2D eigenvalue weighted by Gasteiger charge is -2.08. The van der Waals surface area contributed by atoms with Crippen molar-refractivity contribution in [3.05, 3.63) is 0 Å². The molecule has 6 heavy (non-hydrogen) atoms. The second-order valence-electron chi connectivity index (χ2n) is 1.01. The Morgan fingerprint density at radius 2 is 2.17 bits per heavy atom. The van der Waals surface area contributed by atoms with Gasteiger partial charge in [0.1, 0.15) is 6.23 Å². The van der Waals surface area contributed by atoms with Crippen LogP contribution in [0.3, 0.4) is 0 Å². The lowest BCUT2D eigenvalue weighted by Crippen LogP contribution is -2.29. The highest BCUT2D eigenvalue weighted by atomic mass is 32.1. The Morgan fingerprint density at radius 3 is 2.17 bits per heavy atom. The second kappa shape index (κ2) is 2.41. The summed E-state index contributed by atoms with van der Waals surface area (Å²) in [6, 6.07) is 0. The predicted octanol–water partition coefficient (Wildman–Crippen LogP) is -0.655. The van der Waals surface area contributed by atoms with Crippen LogP contribution in [-0.2, 0) is 0 Å². The van der Waals surface area contributed by atoms with Crippen molar-refractivity contribution >= 4 is 12.8 Å². The first-order chi connectivity index (χ1) is 2.64. The van der Waals surface area contributed by atoms with Gasteiger partial charge in [0, 0.05) is 0 Å². The quantitative estimate of drug-likeness (QED) is 0.181. The van der Waals surface area contributed by atoms with Crippen molar-refractivity contribution in [3.63, 3.8) is 0 Å². The number of nitrogens with zero attached hydrogens (tertiary/aromatic N) is 1. The molecule has 0 fully saturated rings. The van der Waals surface area contributed by atoms with E-state index in [-0.39, 0.29) is 0 Å². The number of aliphatic hydroxyl groups excluding tert-OH is 1. The standard InChI is InChI=1S/C2H8N2OS/c1-2(5)4(3)6/h2,5-6H,3H2,1H3. The monoisotopic (exact) mass is 108 g/mol. The average Bonchev–Trinajstić information content (AvgIpc) is 1.36. The Morgan fingerprint density at radius 1 is 2.00 bits per heavy atom. The van der Waals surface area contributed by atoms with Gasteiger partial charge in [-0.25, -0.2) is 0 Å². The number of nitrogens with two attached hydrogens (primary N) is 1. The smallest absolute Gasteiger partial charge is 0.126 e. The lowest BCUT2D eigenvalue weighted by atomic mass is 10.7. The molecule has 4 heteroatoms. The maximum absolute atomic E-state index is 8.35. The second-order valence-corrected chi connectivity index (χ2v) is 1.47. The van der Waals surface area contributed by atoms with Crippen molar-refractivity contribution < 1.29 is 5.11 Å². The van der Waals surface area contributed by atoms with Gasteiger partial charge >= 0.3 is 0 Å². The summed E-state index contributed by atoms with van der Waals surface area (Å²) < 4.78 is 0.917. The van der Waals surface area contributed by atoms with Crippen molar-refractivity contribution in [1.82, 2.24) is 4.41 Å². The minimum Gasteiger partial charge on any atom is -0.377 e. The van der Waals surface area contributed by atoms with Crippen LogP contribution in [-0.4, -0.2) is 15.7 Å². The van der Waals surface area contributed by atoms with E-state index in [1.54, 1.807) is 0 Å². The first-order valence-electron chi connectivity index (χ1n) is 1.55. The third kappa shape index (κ3) is 2.47. The molecule has 0 amide bonds. The number of rotatable bonds is 1. The third-order valence-corrected chi connectivity index (χ3v) is 0.717. The molecule has 0 aromatic rings. The van der Waals surface area contributed by atoms with E-state index in [0.717, 1.165) is 4.41 Å². The molecular formula is C2H8N2OS. The van der Waals surface area contributed by atoms with Crippen molar-refractivity contribution in [2.75, 3.05) is 0 Å². The van der Waals surface area contributed by atoms with Gasteiger partial charge < -0.3 is 5.11 Å². The zero-order valence-corrected chi connectivity index (χ0v) is 4.39. The van der Waals surface area contributed by atoms with Gasteiger partial charge in [0.05, 0.1) is 0 Å². The van der Waals surface area contributed by atoms with Crippen LogP contribution in [0.25, 0.3) is 0 Å². The molecule has 0 bridgehead atoms. The van der Waals surface area contributed by atoms with Gasteiger partial charge in [-0.1, -0.05) is 12.8 Å². The predicted molar refractivity (Wildman–Crippen MR) is 26.7 cm³/mol. The Kier molecular flexibility index (Phi) is 2.50. The first-order valence-corrected chi connectivity index (χ1v) is 1.95. The topological polar surface area (TPSA) is 49.5 Å². The van der Waals surface area contributed by atoms with Crippen molar-refractivity contribution in [1.29, 1.82) is 0 Å². The molecule has 1 atom stereocenters. The van der Waals surface area contributed by atoms with Gasteiger partial charge in [-0.3, -0.25) is 5.84 Å². The lowest BCUT2D eigenvalue weighted by molar-refractivity contribution is 0.0904. The van der Waals surface area contributed by atoms with Gasteiger partial charge in [0.15, 0.2) is 0 Å². The van der Waals surface area contributed by atoms with E-state index in [1.807, 2.05) is 0 Å². The van der Waals surface area contributed by atoms with Crippen LogP contribution < -0.4 is 5.84 Å². The molecule has 0 saturated heterocycles. The maximum Gasteiger partial charge on any atom is 0.126 e. The van der Waals surface area contributed by atoms with E-state index in [9.17, 15) is 0 Å². The van der Waals surface area contributed by atoms with Crippen LogP contribution in [0.2, 0.25) is 0 Å². The molecular weight excluding hydrogens is 100 g/mol. The van der Waals surface area contributed by atoms with Crippen LogP contribution in [0.1, 0.15) is 6.92 Å². The molecule has 0 aliphatic heterocycles. The Bertz CT molecular complexity index is 32.5. The van der Waals surface area contributed by atoms with Crippen LogP contribution in [0, 0.1) is 0 Å². The van der Waals surface area contributed by atoms with Crippen LogP contribution >= 0.6 is 12.8 Å². The molecule has 0 spiro atoms. The van der Waals surface area contributed by atoms with Gasteiger partial charge in [-0.15, -0.1) is 0 Å². The van der Waals surface area contributed by atoms with Gasteiger partial charge in [0.25, 0.3) is 0 Å². The number of hydrazine groups is 1. The molecule has 0 aromatic carbocycles. The van der Waals surface area contributed by atoms with E-state index in [0.29, 0.717) is 0 Å². The van der Waals surface area contributed by atoms with E-state index in [2.05, 4.69) is 12.8 Å². The van der Waals surface area contributed by atoms with Crippen molar-refractivity contribution in [2.24, 2.45) is 5.84 Å². The molecule has 38 valence electrons. The Labute approximate surface area is 42.3 Å². The van der Waals surface area contributed by atoms with Crippen molar-refractivity contribution in [3.8, 4) is 0 Å². The first kappa shape index (κ1) is 6.23. The van der Waals surface area contributed by atoms with E-state index >= 15 is 0 Å². The third-order valence-electron chi connectivity index (χ3n) is 0.383. The fraction of sp³-hybridized carbons (Fsp3) is 1.00. The van der Waals surface area contributed by atoms with Gasteiger partial charge in [-0.2, -0.15) is 4.41 Å². The van der Waals surface area contributed by atoms with E-state index < -0.39 is 6.23 Å². The number of thiol groups is 1. The minimum atomic E-state index is -0.673. The molecule has 0 rings (SSSR count). The fourth-order valence-electron chi connectivity index (χ4n) is 0. The number of aliphatic hydroxyl groups is 1. The Balaban J connectivity index is 2.99. The molecule has 0 saturated carbocycles. The highest BCUT2D eigenvalue weighted by molar-refractivity contribution is 7.77. The number of hydrogen-bond acceptors (Lipinski definition) is 4. The van der Waals surface area contributed by atoms with Crippen LogP contribution in [0.15, 0.2) is 0 Å². The van der Waals surface area contributed by atoms with Crippen LogP contribution in [0.4, 0.5) is 0 Å². The number of hydrogen-bond donors (Lipinski definition) is 3. The van der Waals surface area contributed by atoms with Crippen molar-refractivity contribution in [2.45, 2.75) is 13.2 Å². The largest absolute Gasteiger partial charge is 0.377 e. The molecule has 0 aliphatic carbocycles. The zero-order chi connectivity index (χ0) is 5.15. The molecule has 0 radical (unpaired) electrons. The fourth-order valence-corrected chi connectivity index (χ4v) is 0. The summed E-state index contributed by atoms with van der Waals surface area (Å²) >= 11 is 3.55. The van der Waals surface area contributed by atoms with E-state index in [1.165, 1.54) is 6.92 Å². The summed E-state index contributed by atoms with van der Waals surface area (Å²) in [5.41, 5.74) is 0. The normalized spacial score (nSPS) is 15.5. The molecule has 0 aromatic heterocycles. The SMILES string of the molecule is CC(O)N(N)S. The summed E-state index contributed by atoms with van der Waals surface area (Å²) in [4.78, 5) is 0. The van der Waals surface area contributed by atoms with Gasteiger partial charge in [-0.05, 0) is 6.92 Å². The maximum atomic E-state index is 8.35. The molecule has 0 heterocycles. The molecule has 0 aliphatic rings. The Hall–Kier alpha value is 0.230. The summed E-state index contributed by atoms with van der Waals surface area (Å²) in [5.74, 6) is 4.88. The highest BCUT2D eigenvalue weighted by Crippen LogP contribution is 1.86. The summed E-state index contributed by atoms with van der Waals surface area (Å²) in [6.07, 6.45) is -0.673. The molecule has 3 N–H and O–H groups in total. The van der Waals surface area contributed by atoms with E-state index in [4.69, 9.17) is 10.9 Å².